The van der Waals surface area contributed by atoms with Crippen molar-refractivity contribution < 1.29 is 14.0 Å². The lowest BCUT2D eigenvalue weighted by molar-refractivity contribution is -0.122. The van der Waals surface area contributed by atoms with E-state index in [9.17, 15) is 14.9 Å². The normalized spacial score (nSPS) is 11.8. The molecule has 5 heteroatoms. The number of rotatable bonds is 6. The fraction of sp³-hybridized carbons (Fsp3) is 0.316. The van der Waals surface area contributed by atoms with Gasteiger partial charge < -0.3 is 9.73 Å². The van der Waals surface area contributed by atoms with Crippen molar-refractivity contribution in [1.29, 1.82) is 5.26 Å². The molecular formula is C19H20N2O3. The third-order valence-corrected chi connectivity index (χ3v) is 3.73. The summed E-state index contributed by atoms with van der Waals surface area (Å²) in [7, 11) is 0. The molecule has 1 atom stereocenters. The second kappa shape index (κ2) is 7.60. The van der Waals surface area contributed by atoms with Gasteiger partial charge in [-0.2, -0.15) is 5.26 Å². The predicted octanol–water partition coefficient (Wildman–Crippen LogP) is 3.35. The molecule has 0 radical (unpaired) electrons. The van der Waals surface area contributed by atoms with E-state index in [4.69, 9.17) is 4.42 Å². The third-order valence-electron chi connectivity index (χ3n) is 3.73. The van der Waals surface area contributed by atoms with Crippen molar-refractivity contribution in [3.63, 3.8) is 0 Å². The van der Waals surface area contributed by atoms with Crippen molar-refractivity contribution in [2.24, 2.45) is 5.92 Å². The van der Waals surface area contributed by atoms with Crippen molar-refractivity contribution in [3.05, 3.63) is 59.0 Å². The van der Waals surface area contributed by atoms with Gasteiger partial charge in [0.15, 0.2) is 11.7 Å². The van der Waals surface area contributed by atoms with Gasteiger partial charge >= 0.3 is 0 Å². The van der Waals surface area contributed by atoms with Gasteiger partial charge in [-0.25, -0.2) is 0 Å². The Balaban J connectivity index is 2.11. The van der Waals surface area contributed by atoms with Gasteiger partial charge in [0.25, 0.3) is 0 Å². The Morgan fingerprint density at radius 2 is 1.92 bits per heavy atom. The second-order valence-corrected chi connectivity index (χ2v) is 5.90. The maximum atomic E-state index is 12.5. The number of carbonyl (C=O) groups is 2. The van der Waals surface area contributed by atoms with E-state index in [1.807, 2.05) is 44.2 Å². The van der Waals surface area contributed by atoms with E-state index in [2.05, 4.69) is 5.32 Å². The fourth-order valence-corrected chi connectivity index (χ4v) is 2.31. The monoisotopic (exact) mass is 324 g/mol. The largest absolute Gasteiger partial charge is 0.465 e. The van der Waals surface area contributed by atoms with Crippen LogP contribution >= 0.6 is 0 Å². The Hall–Kier alpha value is -2.87. The molecule has 1 N–H and O–H groups in total. The summed E-state index contributed by atoms with van der Waals surface area (Å²) < 4.78 is 5.54. The van der Waals surface area contributed by atoms with Gasteiger partial charge in [0.05, 0.1) is 11.6 Å². The zero-order valence-corrected chi connectivity index (χ0v) is 14.0. The summed E-state index contributed by atoms with van der Waals surface area (Å²) in [6.07, 6.45) is 0. The number of Topliss-reactive ketones (excluding diaryl/α,β-unsaturated/α-hetero) is 1. The molecule has 0 fully saturated rings. The Morgan fingerprint density at radius 3 is 2.46 bits per heavy atom. The molecule has 0 aliphatic heterocycles. The van der Waals surface area contributed by atoms with Gasteiger partial charge in [-0.15, -0.1) is 0 Å². The molecule has 24 heavy (non-hydrogen) atoms. The number of furan rings is 1. The van der Waals surface area contributed by atoms with Crippen LogP contribution in [-0.4, -0.2) is 11.7 Å². The van der Waals surface area contributed by atoms with E-state index in [0.29, 0.717) is 17.1 Å². The summed E-state index contributed by atoms with van der Waals surface area (Å²) in [5.41, 5.74) is 1.19. The van der Waals surface area contributed by atoms with Crippen molar-refractivity contribution in [1.82, 2.24) is 5.32 Å². The highest BCUT2D eigenvalue weighted by Crippen LogP contribution is 2.24. The number of amides is 1. The molecule has 0 saturated carbocycles. The first kappa shape index (κ1) is 17.5. The molecule has 1 heterocycles. The molecule has 124 valence electrons. The predicted molar refractivity (Wildman–Crippen MR) is 89.3 cm³/mol. The molecule has 2 aromatic rings. The smallest absolute Gasteiger partial charge is 0.245 e. The van der Waals surface area contributed by atoms with Crippen molar-refractivity contribution in [2.75, 3.05) is 0 Å². The zero-order chi connectivity index (χ0) is 17.7. The first-order valence-electron chi connectivity index (χ1n) is 7.79. The first-order chi connectivity index (χ1) is 11.4. The molecule has 1 aromatic heterocycles. The van der Waals surface area contributed by atoms with E-state index < -0.39 is 17.6 Å². The SMILES string of the molecule is Cc1oc(C(C)C)cc1C(=O)C(C#N)C(=O)NCc1ccccc1. The molecule has 2 rings (SSSR count). The summed E-state index contributed by atoms with van der Waals surface area (Å²) in [6, 6.07) is 12.7. The third kappa shape index (κ3) is 3.90. The second-order valence-electron chi connectivity index (χ2n) is 5.90. The number of nitrogens with one attached hydrogen (secondary N) is 1. The van der Waals surface area contributed by atoms with Gasteiger partial charge in [0.2, 0.25) is 5.91 Å². The Morgan fingerprint density at radius 1 is 1.25 bits per heavy atom. The van der Waals surface area contributed by atoms with Gasteiger partial charge in [-0.05, 0) is 18.6 Å². The van der Waals surface area contributed by atoms with Crippen LogP contribution in [0.15, 0.2) is 40.8 Å². The van der Waals surface area contributed by atoms with Gasteiger partial charge in [0.1, 0.15) is 11.5 Å². The molecule has 0 saturated heterocycles. The average molecular weight is 324 g/mol. The van der Waals surface area contributed by atoms with Crippen LogP contribution in [0.25, 0.3) is 0 Å². The summed E-state index contributed by atoms with van der Waals surface area (Å²) >= 11 is 0. The van der Waals surface area contributed by atoms with Crippen LogP contribution in [0.1, 0.15) is 47.2 Å². The molecule has 0 aliphatic rings. The number of benzene rings is 1. The highest BCUT2D eigenvalue weighted by molar-refractivity contribution is 6.12. The van der Waals surface area contributed by atoms with E-state index in [-0.39, 0.29) is 12.5 Å². The van der Waals surface area contributed by atoms with Crippen LogP contribution in [0.2, 0.25) is 0 Å². The molecule has 0 bridgehead atoms. The Bertz CT molecular complexity index is 770. The minimum absolute atomic E-state index is 0.123. The number of ketones is 1. The summed E-state index contributed by atoms with van der Waals surface area (Å²) in [6.45, 7) is 5.82. The topological polar surface area (TPSA) is 83.1 Å². The quantitative estimate of drug-likeness (QED) is 0.652. The molecule has 1 amide bonds. The van der Waals surface area contributed by atoms with Crippen LogP contribution in [0.3, 0.4) is 0 Å². The van der Waals surface area contributed by atoms with Crippen LogP contribution in [0.4, 0.5) is 0 Å². The number of aryl methyl sites for hydroxylation is 1. The molecule has 1 aromatic carbocycles. The molecule has 5 nitrogen and oxygen atoms in total. The lowest BCUT2D eigenvalue weighted by Crippen LogP contribution is -2.34. The van der Waals surface area contributed by atoms with Crippen molar-refractivity contribution in [3.8, 4) is 6.07 Å². The Kier molecular flexibility index (Phi) is 5.54. The summed E-state index contributed by atoms with van der Waals surface area (Å²) in [5, 5.41) is 11.9. The van der Waals surface area contributed by atoms with Crippen LogP contribution in [0.5, 0.6) is 0 Å². The number of nitrogens with zero attached hydrogens (tertiary/aromatic N) is 1. The molecule has 0 aliphatic carbocycles. The maximum absolute atomic E-state index is 12.5. The minimum Gasteiger partial charge on any atom is -0.465 e. The highest BCUT2D eigenvalue weighted by atomic mass is 16.3. The highest BCUT2D eigenvalue weighted by Gasteiger charge is 2.30. The summed E-state index contributed by atoms with van der Waals surface area (Å²) in [5.74, 6) is -1.30. The van der Waals surface area contributed by atoms with Gasteiger partial charge in [0, 0.05) is 12.5 Å². The molecule has 1 unspecified atom stereocenters. The fourth-order valence-electron chi connectivity index (χ4n) is 2.31. The van der Waals surface area contributed by atoms with Crippen LogP contribution in [-0.2, 0) is 11.3 Å². The van der Waals surface area contributed by atoms with E-state index in [0.717, 1.165) is 5.56 Å². The lowest BCUT2D eigenvalue weighted by Gasteiger charge is -2.09. The maximum Gasteiger partial charge on any atom is 0.245 e. The van der Waals surface area contributed by atoms with E-state index in [1.165, 1.54) is 0 Å². The number of hydrogen-bond acceptors (Lipinski definition) is 4. The van der Waals surface area contributed by atoms with Gasteiger partial charge in [-0.1, -0.05) is 44.2 Å². The lowest BCUT2D eigenvalue weighted by atomic mass is 9.97. The number of hydrogen-bond donors (Lipinski definition) is 1. The van der Waals surface area contributed by atoms with Crippen molar-refractivity contribution >= 4 is 11.7 Å². The standard InChI is InChI=1S/C19H20N2O3/c1-12(2)17-9-15(13(3)24-17)18(22)16(10-20)19(23)21-11-14-7-5-4-6-8-14/h4-9,12,16H,11H2,1-3H3,(H,21,23). The minimum atomic E-state index is -1.38. The first-order valence-corrected chi connectivity index (χ1v) is 7.79. The summed E-state index contributed by atoms with van der Waals surface area (Å²) in [4.78, 5) is 24.8. The number of carbonyl (C=O) groups excluding carboxylic acids is 2. The molecule has 0 spiro atoms. The van der Waals surface area contributed by atoms with Crippen LogP contribution in [0, 0.1) is 24.2 Å². The van der Waals surface area contributed by atoms with Crippen LogP contribution < -0.4 is 5.32 Å². The van der Waals surface area contributed by atoms with E-state index >= 15 is 0 Å². The van der Waals surface area contributed by atoms with Crippen molar-refractivity contribution in [2.45, 2.75) is 33.2 Å². The Labute approximate surface area is 141 Å². The number of nitriles is 1. The van der Waals surface area contributed by atoms with Gasteiger partial charge in [-0.3, -0.25) is 9.59 Å². The van der Waals surface area contributed by atoms with E-state index in [1.54, 1.807) is 19.1 Å². The zero-order valence-electron chi connectivity index (χ0n) is 14.0. The average Bonchev–Trinajstić information content (AvgIpc) is 2.96. The molecular weight excluding hydrogens is 304 g/mol.